The number of sulfone groups is 2. The number of amides is 6. The van der Waals surface area contributed by atoms with Gasteiger partial charge in [-0.2, -0.15) is 64.3 Å². The van der Waals surface area contributed by atoms with Crippen molar-refractivity contribution in [2.75, 3.05) is 116 Å². The molecule has 0 spiro atoms. The van der Waals surface area contributed by atoms with Crippen LogP contribution in [0.1, 0.15) is 96.3 Å². The fourth-order valence-corrected chi connectivity index (χ4v) is 19.7. The van der Waals surface area contributed by atoms with Crippen LogP contribution in [-0.4, -0.2) is 293 Å². The Morgan fingerprint density at radius 3 is 1.14 bits per heavy atom. The molecule has 18 aliphatic rings. The van der Waals surface area contributed by atoms with Crippen molar-refractivity contribution in [2.24, 2.45) is 0 Å². The molecule has 61 heteroatoms. The van der Waals surface area contributed by atoms with Gasteiger partial charge in [-0.25, -0.2) is 34.7 Å². The number of carbonyl (C=O) groups excluding carboxylic acids is 19. The van der Waals surface area contributed by atoms with Crippen LogP contribution < -0.4 is 53.1 Å². The molecule has 736 valence electrons. The van der Waals surface area contributed by atoms with E-state index in [0.717, 1.165) is 66.0 Å². The van der Waals surface area contributed by atoms with Crippen LogP contribution in [0.3, 0.4) is 0 Å². The highest BCUT2D eigenvalue weighted by Gasteiger charge is 2.27. The van der Waals surface area contributed by atoms with Crippen molar-refractivity contribution < 1.29 is 173 Å². The van der Waals surface area contributed by atoms with Gasteiger partial charge >= 0.3 is 26.4 Å². The van der Waals surface area contributed by atoms with E-state index in [1.165, 1.54) is 36.0 Å². The zero-order valence-electron chi connectivity index (χ0n) is 70.1. The zero-order chi connectivity index (χ0) is 100. The standard InChI is InChI=1S/C6H8O.C5H9NO2S.2C4H8N2O2S.C4H5NO2.C4H3NO2.C4H6O3S.C4H4O3S.C4H4O3.C4H4O2S.C4H6O2S.C4H4O2S.C4H6O2.C4H4O2.C4H6OS.C4H4OS.2C2H4N2O3S/c1-5-2-3-6(7)4-5;1-5-3-2-4-9(7,8)6-5;2*1-4-2-3-5-9(7,8)6-4;2*6-3-1-2-4(7)5-3;2*5-4-1-2-8(6,7)3-4;2*5-3-1-4(6)7-2-3;2*5-4-1-2-7(6)3-4;4*5-4-1-2-6-3-4;2*5-2-1-3-8(6,7)4-2/h1-4H2;6H,1-4H2;2*5-6H,1-3H2;1-2H2,(H,5,6,7);1-2H,(H,5,6,7);1-3H2;1-2H,3H2;2*1-2H2;1-3H2;1-2H,3H2;1-3H2;1-2H,3H2;1-3H2;1-2H,3H2;2*3H,1H2,(H,4,5). The summed E-state index contributed by atoms with van der Waals surface area (Å²) in [5, 5.41) is 8.37. The van der Waals surface area contributed by atoms with Crippen LogP contribution in [0.15, 0.2) is 108 Å². The van der Waals surface area contributed by atoms with Gasteiger partial charge in [0.05, 0.1) is 83.4 Å². The molecule has 1 aliphatic carbocycles. The van der Waals surface area contributed by atoms with E-state index in [1.807, 2.05) is 20.2 Å². The Kier molecular flexibility index (Phi) is 56.6. The van der Waals surface area contributed by atoms with Gasteiger partial charge in [-0.05, 0) is 42.9 Å². The number of rotatable bonds is 0. The van der Waals surface area contributed by atoms with Gasteiger partial charge in [0.2, 0.25) is 33.7 Å². The molecule has 0 aromatic carbocycles. The molecule has 0 bridgehead atoms. The molecule has 0 radical (unpaired) electrons. The monoisotopic (exact) mass is 2100 g/mol. The summed E-state index contributed by atoms with van der Waals surface area (Å²) in [7, 11) is -24.2. The van der Waals surface area contributed by atoms with Crippen molar-refractivity contribution in [3.05, 3.63) is 108 Å². The SMILES string of the molecule is C=C1CCC(=O)C1.C=C1CCCS(=O)(=O)N1.C=C1CCNS(=O)(=O)N1.C=C1CCNS(=O)(=O)N1.O=C1C=CC(=O)N1.O=C1C=COC1.O=C1C=CS(=O)(=O)C1.O=C1C=CS(=O)C1.O=C1C=CSC1.O=C1CCC(=O)N1.O=C1CCOC1.O=C1CCS(=O)(=O)C1.O=C1CCS(=O)C1.O=C1CCSC1.O=C1CNS(=O)(=O)N1.O=C1CNS(=O)(=O)N1.O=C1COC(=O)C1.O=C1CSC(=O)C1. The smallest absolute Gasteiger partial charge is 0.313 e. The van der Waals surface area contributed by atoms with E-state index >= 15 is 0 Å². The van der Waals surface area contributed by atoms with Gasteiger partial charge in [-0.1, -0.05) is 43.7 Å². The molecule has 132 heavy (non-hydrogen) atoms. The van der Waals surface area contributed by atoms with Crippen LogP contribution in [0, 0.1) is 0 Å². The van der Waals surface area contributed by atoms with Crippen molar-refractivity contribution in [3.63, 3.8) is 0 Å². The number of sulfonamides is 1. The summed E-state index contributed by atoms with van der Waals surface area (Å²) >= 11 is 4.40. The molecule has 12 saturated heterocycles. The summed E-state index contributed by atoms with van der Waals surface area (Å²) in [5.41, 5.74) is 2.81. The summed E-state index contributed by atoms with van der Waals surface area (Å²) in [4.78, 5) is 193. The van der Waals surface area contributed by atoms with Gasteiger partial charge in [-0.15, -0.1) is 11.8 Å². The number of thioether (sulfide) groups is 3. The van der Waals surface area contributed by atoms with Gasteiger partial charge in [0.25, 0.3) is 32.2 Å². The summed E-state index contributed by atoms with van der Waals surface area (Å²) in [6.45, 7) is 16.0. The maximum Gasteiger partial charge on any atom is 0.313 e. The largest absolute Gasteiger partial charge is 0.493 e. The highest BCUT2D eigenvalue weighted by Crippen LogP contribution is 2.18. The minimum Gasteiger partial charge on any atom is -0.493 e. The second-order valence-corrected chi connectivity index (χ2v) is 44.9. The number of imide groups is 2. The second-order valence-electron chi connectivity index (χ2n) is 27.1. The van der Waals surface area contributed by atoms with E-state index in [-0.39, 0.29) is 155 Å². The van der Waals surface area contributed by atoms with Gasteiger partial charge in [0.15, 0.2) is 71.9 Å². The molecule has 2 unspecified atom stereocenters. The van der Waals surface area contributed by atoms with Crippen molar-refractivity contribution in [1.29, 1.82) is 0 Å². The molecule has 1 saturated carbocycles. The Morgan fingerprint density at radius 2 is 0.992 bits per heavy atom. The van der Waals surface area contributed by atoms with Gasteiger partial charge in [0, 0.05) is 146 Å². The molecule has 49 nitrogen and oxygen atoms in total. The second kappa shape index (κ2) is 62.0. The third kappa shape index (κ3) is 65.9. The molecule has 6 amide bonds. The summed E-state index contributed by atoms with van der Waals surface area (Å²) < 4.78 is 199. The van der Waals surface area contributed by atoms with Crippen LogP contribution in [0.25, 0.3) is 0 Å². The Balaban J connectivity index is 0.000000700. The van der Waals surface area contributed by atoms with E-state index in [0.29, 0.717) is 129 Å². The first-order chi connectivity index (χ1) is 61.3. The lowest BCUT2D eigenvalue weighted by atomic mass is 10.3. The Labute approximate surface area is 777 Å². The van der Waals surface area contributed by atoms with Crippen molar-refractivity contribution >= 4 is 238 Å². The average molecular weight is 2100 g/mol. The molecular weight excluding hydrogens is 2000 g/mol. The molecular formula is C71H97N11O38S12. The van der Waals surface area contributed by atoms with Gasteiger partial charge in [-0.3, -0.25) is 124 Å². The topological polar surface area (TPSA) is 757 Å². The lowest BCUT2D eigenvalue weighted by molar-refractivity contribution is -0.138. The Bertz CT molecular complexity index is 4840. The van der Waals surface area contributed by atoms with Gasteiger partial charge in [0.1, 0.15) is 54.3 Å². The highest BCUT2D eigenvalue weighted by molar-refractivity contribution is 8.15. The van der Waals surface area contributed by atoms with Crippen LogP contribution in [0.2, 0.25) is 0 Å². The predicted octanol–water partition coefficient (Wildman–Crippen LogP) is -5.60. The number of nitrogens with one attached hydrogen (secondary N) is 11. The average Bonchev–Trinajstić information content (AvgIpc) is 1.85. The number of Topliss-reactive ketones (excluding diaryl/α,β-unsaturated/α-hetero) is 7. The molecule has 0 aromatic heterocycles. The first kappa shape index (κ1) is 120. The normalized spacial score (nSPS) is 23.5. The molecule has 17 aliphatic heterocycles. The Morgan fingerprint density at radius 1 is 0.417 bits per heavy atom. The van der Waals surface area contributed by atoms with E-state index in [4.69, 9.17) is 4.74 Å². The maximum absolute atomic E-state index is 10.7. The number of ketones is 11. The number of carbonyl (C=O) groups is 19. The van der Waals surface area contributed by atoms with E-state index in [1.54, 1.807) is 39.0 Å². The number of esters is 1. The third-order valence-electron chi connectivity index (χ3n) is 14.9. The molecule has 0 aromatic rings. The van der Waals surface area contributed by atoms with Crippen LogP contribution in [0.5, 0.6) is 0 Å². The van der Waals surface area contributed by atoms with Crippen molar-refractivity contribution in [3.8, 4) is 0 Å². The minimum atomic E-state index is -3.45. The van der Waals surface area contributed by atoms with Gasteiger partial charge < -0.3 is 14.2 Å². The fraction of sp³-hybridized carbons (Fsp3) is 0.479. The van der Waals surface area contributed by atoms with Crippen LogP contribution in [0.4, 0.5) is 0 Å². The first-order valence-electron chi connectivity index (χ1n) is 37.8. The quantitative estimate of drug-likeness (QED) is 0.0466. The minimum absolute atomic E-state index is 0.0150. The summed E-state index contributed by atoms with van der Waals surface area (Å²) in [6.07, 6.45) is 17.4. The maximum atomic E-state index is 10.7. The zero-order valence-corrected chi connectivity index (χ0v) is 79.9. The lowest BCUT2D eigenvalue weighted by Gasteiger charge is -2.16. The molecule has 17 heterocycles. The number of allylic oxidation sites excluding steroid dienone is 5. The van der Waals surface area contributed by atoms with E-state index in [2.05, 4.69) is 64.7 Å². The third-order valence-corrected chi connectivity index (χ3v) is 28.5. The molecule has 11 N–H and O–H groups in total. The van der Waals surface area contributed by atoms with Crippen LogP contribution in [-0.2, 0) is 197 Å². The molecule has 13 fully saturated rings. The number of hydrogen-bond donors (Lipinski definition) is 11. The fourth-order valence-electron chi connectivity index (χ4n) is 8.84. The number of hydrogen-bond acceptors (Lipinski definition) is 41. The predicted molar refractivity (Wildman–Crippen MR) is 478 cm³/mol. The molecule has 2 atom stereocenters. The summed E-state index contributed by atoms with van der Waals surface area (Å²) in [6, 6.07) is 0. The highest BCUT2D eigenvalue weighted by atomic mass is 32.2. The van der Waals surface area contributed by atoms with Crippen LogP contribution >= 0.6 is 35.3 Å². The van der Waals surface area contributed by atoms with E-state index < -0.39 is 110 Å². The summed E-state index contributed by atoms with van der Waals surface area (Å²) in [5.74, 6) is 2.21. The van der Waals surface area contributed by atoms with Crippen molar-refractivity contribution in [2.45, 2.75) is 96.3 Å². The Hall–Kier alpha value is -9.61. The first-order valence-corrected chi connectivity index (χ1v) is 55.0. The number of cyclic esters (lactones) is 1. The number of ether oxygens (including phenoxy) is 3. The van der Waals surface area contributed by atoms with Crippen molar-refractivity contribution in [1.82, 2.24) is 53.1 Å². The lowest BCUT2D eigenvalue weighted by Crippen LogP contribution is -2.41. The van der Waals surface area contributed by atoms with E-state index in [9.17, 15) is 158 Å². The molecule has 18 rings (SSSR count).